The number of nitrogens with two attached hydrogens (primary N) is 1. The molecule has 17 heavy (non-hydrogen) atoms. The van der Waals surface area contributed by atoms with Crippen molar-refractivity contribution in [2.45, 2.75) is 31.7 Å². The van der Waals surface area contributed by atoms with Gasteiger partial charge in [-0.15, -0.1) is 0 Å². The molecule has 0 radical (unpaired) electrons. The lowest BCUT2D eigenvalue weighted by atomic mass is 10.1. The molecule has 2 rings (SSSR count). The molecule has 3 atom stereocenters. The van der Waals surface area contributed by atoms with Gasteiger partial charge in [-0.05, 0) is 6.92 Å². The number of hydrogen-bond acceptors (Lipinski definition) is 5. The first kappa shape index (κ1) is 12.0. The average Bonchev–Trinajstić information content (AvgIpc) is 2.65. The minimum Gasteiger partial charge on any atom is -0.394 e. The zero-order chi connectivity index (χ0) is 12.6. The number of hydrogen-bond donors (Lipinski definition) is 3. The number of aliphatic hydroxyl groups is 1. The Balaban J connectivity index is 2.34. The van der Waals surface area contributed by atoms with Gasteiger partial charge in [0, 0.05) is 24.2 Å². The van der Waals surface area contributed by atoms with Crippen molar-refractivity contribution in [1.82, 2.24) is 9.55 Å². The standard InChI is InChI=1S/C10H15N3O4/c1-5-3-13(10(16)12-9(5)15)8-2-6(11)7(4-14)17-8/h3,6-8,14H,2,4,11H2,1H3,(H,12,15,16)/t6-,7-,8-/m1/s1. The summed E-state index contributed by atoms with van der Waals surface area (Å²) in [6.07, 6.45) is 0.860. The molecule has 4 N–H and O–H groups in total. The number of H-pyrrole nitrogens is 1. The van der Waals surface area contributed by atoms with Crippen molar-refractivity contribution >= 4 is 0 Å². The van der Waals surface area contributed by atoms with Gasteiger partial charge in [-0.3, -0.25) is 14.3 Å². The molecule has 94 valence electrons. The summed E-state index contributed by atoms with van der Waals surface area (Å²) in [4.78, 5) is 25.0. The highest BCUT2D eigenvalue weighted by Gasteiger charge is 2.33. The average molecular weight is 241 g/mol. The number of ether oxygens (including phenoxy) is 1. The highest BCUT2D eigenvalue weighted by molar-refractivity contribution is 5.02. The Hall–Kier alpha value is -1.44. The summed E-state index contributed by atoms with van der Waals surface area (Å²) in [5.74, 6) is 0. The minimum atomic E-state index is -0.537. The zero-order valence-corrected chi connectivity index (χ0v) is 9.42. The quantitative estimate of drug-likeness (QED) is 0.580. The zero-order valence-electron chi connectivity index (χ0n) is 9.42. The van der Waals surface area contributed by atoms with Crippen LogP contribution in [0.25, 0.3) is 0 Å². The number of aromatic amines is 1. The molecule has 7 nitrogen and oxygen atoms in total. The summed E-state index contributed by atoms with van der Waals surface area (Å²) < 4.78 is 6.75. The first-order valence-corrected chi connectivity index (χ1v) is 5.37. The third kappa shape index (κ3) is 2.17. The van der Waals surface area contributed by atoms with Gasteiger partial charge in [0.05, 0.1) is 12.7 Å². The summed E-state index contributed by atoms with van der Waals surface area (Å²) in [5, 5.41) is 9.02. The summed E-state index contributed by atoms with van der Waals surface area (Å²) in [5.41, 5.74) is 5.25. The van der Waals surface area contributed by atoms with E-state index in [0.29, 0.717) is 12.0 Å². The van der Waals surface area contributed by atoms with Gasteiger partial charge in [0.25, 0.3) is 5.56 Å². The maximum atomic E-state index is 11.6. The molecular weight excluding hydrogens is 226 g/mol. The van der Waals surface area contributed by atoms with Crippen LogP contribution in [0, 0.1) is 6.92 Å². The van der Waals surface area contributed by atoms with Crippen molar-refractivity contribution < 1.29 is 9.84 Å². The maximum absolute atomic E-state index is 11.6. The Labute approximate surface area is 96.8 Å². The first-order chi connectivity index (χ1) is 8.02. The lowest BCUT2D eigenvalue weighted by Gasteiger charge is -2.14. The van der Waals surface area contributed by atoms with E-state index in [0.717, 1.165) is 0 Å². The van der Waals surface area contributed by atoms with Crippen LogP contribution in [0.15, 0.2) is 15.8 Å². The van der Waals surface area contributed by atoms with Gasteiger partial charge >= 0.3 is 5.69 Å². The van der Waals surface area contributed by atoms with Gasteiger partial charge < -0.3 is 15.6 Å². The molecule has 0 amide bonds. The van der Waals surface area contributed by atoms with Crippen molar-refractivity contribution in [2.75, 3.05) is 6.61 Å². The fourth-order valence-electron chi connectivity index (χ4n) is 1.90. The molecule has 0 unspecified atom stereocenters. The van der Waals surface area contributed by atoms with Crippen LogP contribution in [0.4, 0.5) is 0 Å². The van der Waals surface area contributed by atoms with Crippen LogP contribution < -0.4 is 17.0 Å². The summed E-state index contributed by atoms with van der Waals surface area (Å²) in [6.45, 7) is 1.42. The number of rotatable bonds is 2. The Kier molecular flexibility index (Phi) is 3.14. The third-order valence-corrected chi connectivity index (χ3v) is 2.92. The van der Waals surface area contributed by atoms with Crippen molar-refractivity contribution in [1.29, 1.82) is 0 Å². The molecule has 1 aliphatic rings. The topological polar surface area (TPSA) is 110 Å². The molecule has 7 heteroatoms. The van der Waals surface area contributed by atoms with E-state index in [2.05, 4.69) is 4.98 Å². The van der Waals surface area contributed by atoms with E-state index in [9.17, 15) is 9.59 Å². The highest BCUT2D eigenvalue weighted by atomic mass is 16.5. The lowest BCUT2D eigenvalue weighted by Crippen LogP contribution is -2.33. The van der Waals surface area contributed by atoms with E-state index < -0.39 is 23.6 Å². The van der Waals surface area contributed by atoms with Crippen LogP contribution in [0.2, 0.25) is 0 Å². The van der Waals surface area contributed by atoms with Crippen LogP contribution in [0.3, 0.4) is 0 Å². The highest BCUT2D eigenvalue weighted by Crippen LogP contribution is 2.25. The second-order valence-electron chi connectivity index (χ2n) is 4.19. The Morgan fingerprint density at radius 2 is 2.35 bits per heavy atom. The lowest BCUT2D eigenvalue weighted by molar-refractivity contribution is -0.0271. The van der Waals surface area contributed by atoms with Crippen LogP contribution in [0.1, 0.15) is 18.2 Å². The van der Waals surface area contributed by atoms with E-state index in [-0.39, 0.29) is 12.6 Å². The summed E-state index contributed by atoms with van der Waals surface area (Å²) in [6, 6.07) is -0.316. The van der Waals surface area contributed by atoms with E-state index >= 15 is 0 Å². The fraction of sp³-hybridized carbons (Fsp3) is 0.600. The van der Waals surface area contributed by atoms with Crippen molar-refractivity contribution in [3.05, 3.63) is 32.6 Å². The van der Waals surface area contributed by atoms with E-state index in [1.165, 1.54) is 10.8 Å². The number of nitrogens with zero attached hydrogens (tertiary/aromatic N) is 1. The van der Waals surface area contributed by atoms with Gasteiger partial charge in [0.15, 0.2) is 0 Å². The minimum absolute atomic E-state index is 0.186. The smallest absolute Gasteiger partial charge is 0.330 e. The second kappa shape index (κ2) is 4.44. The van der Waals surface area contributed by atoms with Gasteiger partial charge in [0.1, 0.15) is 6.23 Å². The first-order valence-electron chi connectivity index (χ1n) is 5.37. The van der Waals surface area contributed by atoms with Crippen molar-refractivity contribution in [2.24, 2.45) is 5.73 Å². The van der Waals surface area contributed by atoms with E-state index in [4.69, 9.17) is 15.6 Å². The van der Waals surface area contributed by atoms with Crippen LogP contribution >= 0.6 is 0 Å². The van der Waals surface area contributed by atoms with E-state index in [1.807, 2.05) is 0 Å². The molecular formula is C10H15N3O4. The predicted molar refractivity (Wildman–Crippen MR) is 59.6 cm³/mol. The largest absolute Gasteiger partial charge is 0.394 e. The fourth-order valence-corrected chi connectivity index (χ4v) is 1.90. The van der Waals surface area contributed by atoms with Crippen LogP contribution in [-0.2, 0) is 4.74 Å². The van der Waals surface area contributed by atoms with Crippen molar-refractivity contribution in [3.63, 3.8) is 0 Å². The number of nitrogens with one attached hydrogen (secondary N) is 1. The van der Waals surface area contributed by atoms with Gasteiger partial charge in [-0.1, -0.05) is 0 Å². The molecule has 1 fully saturated rings. The number of aromatic nitrogens is 2. The Morgan fingerprint density at radius 1 is 1.65 bits per heavy atom. The molecule has 0 spiro atoms. The molecule has 0 aromatic carbocycles. The molecule has 1 aromatic heterocycles. The molecule has 0 aliphatic carbocycles. The normalized spacial score (nSPS) is 28.5. The van der Waals surface area contributed by atoms with Gasteiger partial charge in [-0.25, -0.2) is 4.79 Å². The molecule has 1 aliphatic heterocycles. The number of aryl methyl sites for hydroxylation is 1. The SMILES string of the molecule is Cc1cn([C@H]2C[C@@H](N)[C@@H](CO)O2)c(=O)[nH]c1=O. The third-order valence-electron chi connectivity index (χ3n) is 2.92. The Bertz CT molecular complexity index is 521. The predicted octanol–water partition coefficient (Wildman–Crippen LogP) is -1.55. The molecule has 2 heterocycles. The van der Waals surface area contributed by atoms with Crippen LogP contribution in [0.5, 0.6) is 0 Å². The van der Waals surface area contributed by atoms with Crippen molar-refractivity contribution in [3.8, 4) is 0 Å². The summed E-state index contributed by atoms with van der Waals surface area (Å²) >= 11 is 0. The maximum Gasteiger partial charge on any atom is 0.330 e. The van der Waals surface area contributed by atoms with Crippen LogP contribution in [-0.4, -0.2) is 33.4 Å². The molecule has 1 saturated heterocycles. The number of aliphatic hydroxyl groups excluding tert-OH is 1. The van der Waals surface area contributed by atoms with Gasteiger partial charge in [-0.2, -0.15) is 0 Å². The van der Waals surface area contributed by atoms with E-state index in [1.54, 1.807) is 6.92 Å². The molecule has 1 aromatic rings. The summed E-state index contributed by atoms with van der Waals surface area (Å²) in [7, 11) is 0. The Morgan fingerprint density at radius 3 is 2.94 bits per heavy atom. The second-order valence-corrected chi connectivity index (χ2v) is 4.19. The molecule has 0 saturated carbocycles. The molecule has 0 bridgehead atoms. The monoisotopic (exact) mass is 241 g/mol. The van der Waals surface area contributed by atoms with Gasteiger partial charge in [0.2, 0.25) is 0 Å².